The number of likely N-dealkylation sites (tertiary alicyclic amines) is 1. The zero-order valence-corrected chi connectivity index (χ0v) is 15.3. The Morgan fingerprint density at radius 3 is 3.00 bits per heavy atom. The van der Waals surface area contributed by atoms with Crippen LogP contribution < -0.4 is 16.4 Å². The molecule has 2 heterocycles. The van der Waals surface area contributed by atoms with Crippen LogP contribution in [0.5, 0.6) is 0 Å². The molecular weight excluding hydrogens is 333 g/mol. The smallest absolute Gasteiger partial charge is 0.225 e. The maximum atomic E-state index is 12.9. The Morgan fingerprint density at radius 2 is 2.31 bits per heavy atom. The average molecular weight is 361 g/mol. The number of hydrogen-bond donors (Lipinski definition) is 2. The summed E-state index contributed by atoms with van der Waals surface area (Å²) in [5.41, 5.74) is 11.9. The number of carbonyl (C=O) groups is 1. The van der Waals surface area contributed by atoms with E-state index in [1.165, 1.54) is 18.5 Å². The van der Waals surface area contributed by atoms with Crippen LogP contribution in [0.1, 0.15) is 25.7 Å². The molecule has 26 heavy (non-hydrogen) atoms. The Morgan fingerprint density at radius 1 is 1.50 bits per heavy atom. The van der Waals surface area contributed by atoms with Crippen molar-refractivity contribution >= 4 is 11.7 Å². The summed E-state index contributed by atoms with van der Waals surface area (Å²) in [5, 5.41) is 0. The predicted molar refractivity (Wildman–Crippen MR) is 102 cm³/mol. The van der Waals surface area contributed by atoms with Crippen molar-refractivity contribution in [3.05, 3.63) is 48.2 Å². The fourth-order valence-corrected chi connectivity index (χ4v) is 3.09. The summed E-state index contributed by atoms with van der Waals surface area (Å²) in [6.45, 7) is 2.10. The highest BCUT2D eigenvalue weighted by Crippen LogP contribution is 2.24. The van der Waals surface area contributed by atoms with E-state index in [1.807, 2.05) is 16.8 Å². The Balaban J connectivity index is 1.73. The zero-order chi connectivity index (χ0) is 18.9. The largest absolute Gasteiger partial charge is 0.405 e. The molecule has 1 fully saturated rings. The quantitative estimate of drug-likeness (QED) is 0.657. The van der Waals surface area contributed by atoms with Crippen molar-refractivity contribution < 1.29 is 9.18 Å². The summed E-state index contributed by atoms with van der Waals surface area (Å²) in [6, 6.07) is 3.03. The van der Waals surface area contributed by atoms with Crippen LogP contribution in [-0.2, 0) is 4.79 Å². The Labute approximate surface area is 154 Å². The Bertz CT molecular complexity index is 644. The van der Waals surface area contributed by atoms with Crippen molar-refractivity contribution in [3.63, 3.8) is 0 Å². The second-order valence-corrected chi connectivity index (χ2v) is 6.59. The highest BCUT2D eigenvalue weighted by Gasteiger charge is 2.30. The fourth-order valence-electron chi connectivity index (χ4n) is 3.09. The molecule has 6 nitrogen and oxygen atoms in total. The van der Waals surface area contributed by atoms with E-state index in [2.05, 4.69) is 4.98 Å². The molecule has 1 aliphatic heterocycles. The van der Waals surface area contributed by atoms with Crippen molar-refractivity contribution in [1.82, 2.24) is 9.88 Å². The van der Waals surface area contributed by atoms with Gasteiger partial charge in [-0.05, 0) is 56.2 Å². The molecule has 4 N–H and O–H groups in total. The van der Waals surface area contributed by atoms with Crippen molar-refractivity contribution in [1.29, 1.82) is 0 Å². The Kier molecular flexibility index (Phi) is 7.44. The first-order chi connectivity index (χ1) is 12.5. The second-order valence-electron chi connectivity index (χ2n) is 6.59. The van der Waals surface area contributed by atoms with Crippen LogP contribution in [0.25, 0.3) is 0 Å². The number of rotatable bonds is 9. The number of halogens is 1. The van der Waals surface area contributed by atoms with Gasteiger partial charge < -0.3 is 21.3 Å². The molecule has 1 aromatic rings. The maximum Gasteiger partial charge on any atom is 0.225 e. The maximum absolute atomic E-state index is 12.9. The van der Waals surface area contributed by atoms with Crippen molar-refractivity contribution in [2.45, 2.75) is 25.7 Å². The molecule has 142 valence electrons. The van der Waals surface area contributed by atoms with Crippen molar-refractivity contribution in [2.24, 2.45) is 17.4 Å². The van der Waals surface area contributed by atoms with Gasteiger partial charge in [-0.25, -0.2) is 9.37 Å². The topological polar surface area (TPSA) is 88.5 Å². The molecule has 1 amide bonds. The van der Waals surface area contributed by atoms with E-state index in [1.54, 1.807) is 18.2 Å². The summed E-state index contributed by atoms with van der Waals surface area (Å²) >= 11 is 0. The third-order valence-corrected chi connectivity index (χ3v) is 4.66. The van der Waals surface area contributed by atoms with Gasteiger partial charge in [0.15, 0.2) is 0 Å². The monoisotopic (exact) mass is 361 g/mol. The summed E-state index contributed by atoms with van der Waals surface area (Å²) in [6.07, 6.45) is 9.56. The van der Waals surface area contributed by atoms with E-state index in [9.17, 15) is 9.18 Å². The van der Waals surface area contributed by atoms with Gasteiger partial charge in [0.05, 0.1) is 6.20 Å². The number of aromatic nitrogens is 1. The van der Waals surface area contributed by atoms with Gasteiger partial charge in [-0.1, -0.05) is 0 Å². The summed E-state index contributed by atoms with van der Waals surface area (Å²) in [7, 11) is 1.89. The first-order valence-electron chi connectivity index (χ1n) is 8.95. The molecule has 7 heteroatoms. The summed E-state index contributed by atoms with van der Waals surface area (Å²) in [5.74, 6) is 0.648. The van der Waals surface area contributed by atoms with Gasteiger partial charge in [0, 0.05) is 38.3 Å². The van der Waals surface area contributed by atoms with E-state index >= 15 is 0 Å². The van der Waals surface area contributed by atoms with E-state index in [-0.39, 0.29) is 17.6 Å². The molecule has 0 aliphatic carbocycles. The van der Waals surface area contributed by atoms with Gasteiger partial charge in [-0.3, -0.25) is 4.79 Å². The SMILES string of the molecule is CN(CCN1CC[C@H](CCC/C(N)=C/C=C\N)C1=O)c1ccc(F)cn1. The Hall–Kier alpha value is -2.57. The second kappa shape index (κ2) is 9.79. The van der Waals surface area contributed by atoms with Crippen LogP contribution in [0.4, 0.5) is 10.2 Å². The van der Waals surface area contributed by atoms with Gasteiger partial charge in [-0.15, -0.1) is 0 Å². The van der Waals surface area contributed by atoms with Crippen LogP contribution in [-0.4, -0.2) is 42.5 Å². The van der Waals surface area contributed by atoms with E-state index < -0.39 is 0 Å². The first kappa shape index (κ1) is 19.8. The van der Waals surface area contributed by atoms with E-state index in [4.69, 9.17) is 11.5 Å². The lowest BCUT2D eigenvalue weighted by Crippen LogP contribution is -2.35. The molecule has 2 rings (SSSR count). The number of nitrogens with zero attached hydrogens (tertiary/aromatic N) is 3. The molecule has 0 radical (unpaired) electrons. The first-order valence-corrected chi connectivity index (χ1v) is 8.95. The fraction of sp³-hybridized carbons (Fsp3) is 0.474. The lowest BCUT2D eigenvalue weighted by Gasteiger charge is -2.23. The molecule has 0 saturated carbocycles. The van der Waals surface area contributed by atoms with E-state index in [0.29, 0.717) is 18.9 Å². The van der Waals surface area contributed by atoms with Crippen LogP contribution in [0.3, 0.4) is 0 Å². The number of likely N-dealkylation sites (N-methyl/N-ethyl adjacent to an activating group) is 1. The molecule has 0 bridgehead atoms. The molecule has 0 aromatic carbocycles. The molecular formula is C19H28FN5O. The molecule has 1 aliphatic rings. The van der Waals surface area contributed by atoms with Crippen LogP contribution >= 0.6 is 0 Å². The van der Waals surface area contributed by atoms with Crippen LogP contribution in [0.15, 0.2) is 42.4 Å². The summed E-state index contributed by atoms with van der Waals surface area (Å²) in [4.78, 5) is 20.4. The minimum absolute atomic E-state index is 0.0853. The summed E-state index contributed by atoms with van der Waals surface area (Å²) < 4.78 is 12.9. The number of allylic oxidation sites excluding steroid dienone is 3. The van der Waals surface area contributed by atoms with Crippen LogP contribution in [0, 0.1) is 11.7 Å². The van der Waals surface area contributed by atoms with Crippen LogP contribution in [0.2, 0.25) is 0 Å². The standard InChI is InChI=1S/C19H28FN5O/c1-24(18-8-7-16(20)14-23-18)12-13-25-11-9-15(19(25)26)4-2-5-17(22)6-3-10-21/h3,6-8,10,14-15H,2,4-5,9,11-13,21-22H2,1H3/b10-3-,17-6-/t15-/m0/s1. The highest BCUT2D eigenvalue weighted by molar-refractivity contribution is 5.80. The number of pyridine rings is 1. The third-order valence-electron chi connectivity index (χ3n) is 4.66. The lowest BCUT2D eigenvalue weighted by atomic mass is 10.00. The number of amides is 1. The molecule has 1 atom stereocenters. The van der Waals surface area contributed by atoms with Gasteiger partial charge in [0.25, 0.3) is 0 Å². The molecule has 0 unspecified atom stereocenters. The van der Waals surface area contributed by atoms with Gasteiger partial charge >= 0.3 is 0 Å². The molecule has 1 saturated heterocycles. The number of carbonyl (C=O) groups excluding carboxylic acids is 1. The predicted octanol–water partition coefficient (Wildman–Crippen LogP) is 1.99. The van der Waals surface area contributed by atoms with E-state index in [0.717, 1.165) is 37.9 Å². The number of nitrogens with two attached hydrogens (primary N) is 2. The molecule has 0 spiro atoms. The third kappa shape index (κ3) is 5.75. The normalized spacial score (nSPS) is 18.1. The minimum Gasteiger partial charge on any atom is -0.405 e. The van der Waals surface area contributed by atoms with Gasteiger partial charge in [0.2, 0.25) is 5.91 Å². The lowest BCUT2D eigenvalue weighted by molar-refractivity contribution is -0.131. The van der Waals surface area contributed by atoms with Gasteiger partial charge in [0.1, 0.15) is 11.6 Å². The average Bonchev–Trinajstić information content (AvgIpc) is 2.98. The zero-order valence-electron chi connectivity index (χ0n) is 15.3. The van der Waals surface area contributed by atoms with Gasteiger partial charge in [-0.2, -0.15) is 0 Å². The minimum atomic E-state index is -0.353. The van der Waals surface area contributed by atoms with Crippen molar-refractivity contribution in [2.75, 3.05) is 31.6 Å². The number of anilines is 1. The number of hydrogen-bond acceptors (Lipinski definition) is 5. The highest BCUT2D eigenvalue weighted by atomic mass is 19.1. The molecule has 1 aromatic heterocycles. The van der Waals surface area contributed by atoms with Crippen molar-refractivity contribution in [3.8, 4) is 0 Å².